The number of hydrogen-bond acceptors (Lipinski definition) is 4. The van der Waals surface area contributed by atoms with E-state index >= 15 is 0 Å². The fourth-order valence-electron chi connectivity index (χ4n) is 4.07. The predicted molar refractivity (Wildman–Crippen MR) is 112 cm³/mol. The van der Waals surface area contributed by atoms with E-state index in [9.17, 15) is 9.90 Å². The molecule has 1 unspecified atom stereocenters. The molecule has 0 bridgehead atoms. The zero-order chi connectivity index (χ0) is 19.1. The molecule has 138 valence electrons. The fourth-order valence-corrected chi connectivity index (χ4v) is 4.94. The molecule has 4 nitrogen and oxygen atoms in total. The minimum atomic E-state index is -0.244. The fraction of sp³-hybridized carbons (Fsp3) is 0.130. The van der Waals surface area contributed by atoms with Crippen LogP contribution in [0.3, 0.4) is 0 Å². The van der Waals surface area contributed by atoms with E-state index in [0.717, 1.165) is 26.9 Å². The molecule has 2 N–H and O–H groups in total. The Balaban J connectivity index is 1.49. The first-order chi connectivity index (χ1) is 13.7. The largest absolute Gasteiger partial charge is 0.508 e. The Labute approximate surface area is 166 Å². The van der Waals surface area contributed by atoms with E-state index in [1.54, 1.807) is 12.1 Å². The highest BCUT2D eigenvalue weighted by molar-refractivity contribution is 7.22. The Morgan fingerprint density at radius 1 is 1.04 bits per heavy atom. The lowest BCUT2D eigenvalue weighted by Crippen LogP contribution is -2.26. The molecule has 5 heteroatoms. The number of anilines is 1. The Kier molecular flexibility index (Phi) is 4.10. The van der Waals surface area contributed by atoms with Crippen molar-refractivity contribution < 1.29 is 9.90 Å². The van der Waals surface area contributed by atoms with E-state index < -0.39 is 0 Å². The first-order valence-corrected chi connectivity index (χ1v) is 10.0. The van der Waals surface area contributed by atoms with Crippen LogP contribution in [0.5, 0.6) is 5.75 Å². The van der Waals surface area contributed by atoms with E-state index in [-0.39, 0.29) is 23.5 Å². The smallest absolute Gasteiger partial charge is 0.230 e. The van der Waals surface area contributed by atoms with Gasteiger partial charge in [0.25, 0.3) is 0 Å². The number of thiazole rings is 1. The maximum absolute atomic E-state index is 13.2. The lowest BCUT2D eigenvalue weighted by Gasteiger charge is -2.20. The van der Waals surface area contributed by atoms with Crippen LogP contribution in [0.25, 0.3) is 10.2 Å². The standard InChI is InChI=1S/C23H18N2O2S/c26-16-11-10-15-12-18(21(17(15)13-16)14-6-2-1-3-7-14)22(27)25-23-24-19-8-4-5-9-20(19)28-23/h1-11,13,18,21,26H,12H2,(H,24,25,27)/t18?,21-/m0/s1. The summed E-state index contributed by atoms with van der Waals surface area (Å²) in [5.41, 5.74) is 4.10. The molecule has 0 aliphatic heterocycles. The zero-order valence-corrected chi connectivity index (χ0v) is 15.8. The number of benzene rings is 3. The summed E-state index contributed by atoms with van der Waals surface area (Å²) in [7, 11) is 0. The summed E-state index contributed by atoms with van der Waals surface area (Å²) >= 11 is 1.48. The van der Waals surface area contributed by atoms with Crippen molar-refractivity contribution >= 4 is 32.6 Å². The Morgan fingerprint density at radius 3 is 2.64 bits per heavy atom. The van der Waals surface area contributed by atoms with E-state index in [0.29, 0.717) is 11.6 Å². The third-order valence-corrected chi connectivity index (χ3v) is 6.28. The van der Waals surface area contributed by atoms with Gasteiger partial charge in [-0.2, -0.15) is 0 Å². The molecule has 1 aliphatic carbocycles. The lowest BCUT2D eigenvalue weighted by atomic mass is 9.85. The van der Waals surface area contributed by atoms with E-state index in [4.69, 9.17) is 0 Å². The summed E-state index contributed by atoms with van der Waals surface area (Å²) in [6.45, 7) is 0. The van der Waals surface area contributed by atoms with Gasteiger partial charge in [-0.1, -0.05) is 59.9 Å². The third kappa shape index (κ3) is 2.94. The van der Waals surface area contributed by atoms with Crippen LogP contribution in [0.1, 0.15) is 22.6 Å². The van der Waals surface area contributed by atoms with Gasteiger partial charge in [-0.25, -0.2) is 4.98 Å². The van der Waals surface area contributed by atoms with Gasteiger partial charge in [-0.15, -0.1) is 0 Å². The average Bonchev–Trinajstić information content (AvgIpc) is 3.29. The molecular weight excluding hydrogens is 368 g/mol. The van der Waals surface area contributed by atoms with Gasteiger partial charge >= 0.3 is 0 Å². The molecule has 1 heterocycles. The van der Waals surface area contributed by atoms with Gasteiger partial charge in [0.2, 0.25) is 5.91 Å². The van der Waals surface area contributed by atoms with Crippen molar-refractivity contribution in [1.82, 2.24) is 4.98 Å². The Hall–Kier alpha value is -3.18. The number of aromatic nitrogens is 1. The Bertz CT molecular complexity index is 1140. The molecule has 4 aromatic rings. The van der Waals surface area contributed by atoms with Crippen molar-refractivity contribution in [2.75, 3.05) is 5.32 Å². The number of aromatic hydroxyl groups is 1. The molecule has 2 atom stereocenters. The second-order valence-electron chi connectivity index (χ2n) is 7.06. The molecule has 1 amide bonds. The summed E-state index contributed by atoms with van der Waals surface area (Å²) in [6.07, 6.45) is 0.645. The second kappa shape index (κ2) is 6.77. The van der Waals surface area contributed by atoms with Crippen LogP contribution >= 0.6 is 11.3 Å². The van der Waals surface area contributed by atoms with Crippen LogP contribution in [0.15, 0.2) is 72.8 Å². The van der Waals surface area contributed by atoms with Gasteiger partial charge in [-0.05, 0) is 47.4 Å². The SMILES string of the molecule is O=C(Nc1nc2ccccc2s1)C1Cc2ccc(O)cc2[C@@H]1c1ccccc1. The van der Waals surface area contributed by atoms with Crippen LogP contribution < -0.4 is 5.32 Å². The first-order valence-electron chi connectivity index (χ1n) is 9.22. The number of para-hydroxylation sites is 1. The lowest BCUT2D eigenvalue weighted by molar-refractivity contribution is -0.120. The van der Waals surface area contributed by atoms with Gasteiger partial charge in [0.1, 0.15) is 5.75 Å². The van der Waals surface area contributed by atoms with Gasteiger partial charge in [0.05, 0.1) is 16.1 Å². The van der Waals surface area contributed by atoms with Crippen LogP contribution in [0, 0.1) is 5.92 Å². The van der Waals surface area contributed by atoms with Crippen LogP contribution in [-0.4, -0.2) is 16.0 Å². The number of phenols is 1. The van der Waals surface area contributed by atoms with Crippen molar-refractivity contribution in [3.8, 4) is 5.75 Å². The molecule has 0 fully saturated rings. The maximum Gasteiger partial charge on any atom is 0.230 e. The highest BCUT2D eigenvalue weighted by Gasteiger charge is 2.38. The molecular formula is C23H18N2O2S. The maximum atomic E-state index is 13.2. The number of carbonyl (C=O) groups excluding carboxylic acids is 1. The summed E-state index contributed by atoms with van der Waals surface area (Å²) < 4.78 is 1.05. The molecule has 1 aliphatic rings. The monoisotopic (exact) mass is 386 g/mol. The summed E-state index contributed by atoms with van der Waals surface area (Å²) in [5, 5.41) is 13.6. The van der Waals surface area contributed by atoms with Gasteiger partial charge in [0.15, 0.2) is 5.13 Å². The summed E-state index contributed by atoms with van der Waals surface area (Å²) in [5.74, 6) is -0.139. The van der Waals surface area contributed by atoms with Crippen molar-refractivity contribution in [1.29, 1.82) is 0 Å². The van der Waals surface area contributed by atoms with Crippen LogP contribution in [0.2, 0.25) is 0 Å². The van der Waals surface area contributed by atoms with Gasteiger partial charge < -0.3 is 10.4 Å². The summed E-state index contributed by atoms with van der Waals surface area (Å²) in [4.78, 5) is 17.8. The zero-order valence-electron chi connectivity index (χ0n) is 15.0. The second-order valence-corrected chi connectivity index (χ2v) is 8.09. The predicted octanol–water partition coefficient (Wildman–Crippen LogP) is 4.94. The summed E-state index contributed by atoms with van der Waals surface area (Å²) in [6, 6.07) is 23.3. The number of carbonyl (C=O) groups is 1. The topological polar surface area (TPSA) is 62.2 Å². The molecule has 0 saturated heterocycles. The van der Waals surface area contributed by atoms with Crippen molar-refractivity contribution in [2.24, 2.45) is 5.92 Å². The molecule has 28 heavy (non-hydrogen) atoms. The number of amides is 1. The molecule has 0 saturated carbocycles. The quantitative estimate of drug-likeness (QED) is 0.524. The number of hydrogen-bond donors (Lipinski definition) is 2. The molecule has 5 rings (SSSR count). The average molecular weight is 386 g/mol. The van der Waals surface area contributed by atoms with Crippen LogP contribution in [0.4, 0.5) is 5.13 Å². The molecule has 0 spiro atoms. The number of phenolic OH excluding ortho intramolecular Hbond substituents is 1. The normalized spacial score (nSPS) is 18.1. The van der Waals surface area contributed by atoms with E-state index in [2.05, 4.69) is 10.3 Å². The van der Waals surface area contributed by atoms with Crippen LogP contribution in [-0.2, 0) is 11.2 Å². The Morgan fingerprint density at radius 2 is 1.82 bits per heavy atom. The van der Waals surface area contributed by atoms with Crippen molar-refractivity contribution in [3.63, 3.8) is 0 Å². The molecule has 3 aromatic carbocycles. The number of rotatable bonds is 3. The number of nitrogens with one attached hydrogen (secondary N) is 1. The minimum absolute atomic E-state index is 0.0383. The van der Waals surface area contributed by atoms with E-state index in [1.165, 1.54) is 11.3 Å². The van der Waals surface area contributed by atoms with Crippen molar-refractivity contribution in [3.05, 3.63) is 89.5 Å². The molecule has 1 aromatic heterocycles. The van der Waals surface area contributed by atoms with E-state index in [1.807, 2.05) is 60.7 Å². The highest BCUT2D eigenvalue weighted by Crippen LogP contribution is 2.44. The third-order valence-electron chi connectivity index (χ3n) is 5.33. The number of fused-ring (bicyclic) bond motifs is 2. The van der Waals surface area contributed by atoms with Gasteiger partial charge in [-0.3, -0.25) is 4.79 Å². The first kappa shape index (κ1) is 17.0. The number of nitrogens with zero attached hydrogens (tertiary/aromatic N) is 1. The van der Waals surface area contributed by atoms with Crippen molar-refractivity contribution in [2.45, 2.75) is 12.3 Å². The highest BCUT2D eigenvalue weighted by atomic mass is 32.1. The minimum Gasteiger partial charge on any atom is -0.508 e. The van der Waals surface area contributed by atoms with Gasteiger partial charge in [0, 0.05) is 5.92 Å². The molecule has 0 radical (unpaired) electrons.